The molecule has 10 heteroatoms. The number of nitro benzene ring substituents is 1. The molecule has 0 aliphatic carbocycles. The summed E-state index contributed by atoms with van der Waals surface area (Å²) in [6, 6.07) is 4.65. The van der Waals surface area contributed by atoms with Crippen LogP contribution in [0.1, 0.15) is 19.4 Å². The standard InChI is InChI=1S/C13H13N5O5/c1-2-12(16-8-11(7-14-16)18(22)23)13(19)15-9-3-5-10(6-4-9)17(20)21/h3-8,12H,2H2,1H3,(H,15,19). The van der Waals surface area contributed by atoms with Gasteiger partial charge in [-0.25, -0.2) is 0 Å². The number of nitro groups is 2. The molecule has 1 heterocycles. The van der Waals surface area contributed by atoms with E-state index in [9.17, 15) is 25.0 Å². The molecule has 0 saturated carbocycles. The predicted octanol–water partition coefficient (Wildman–Crippen LogP) is 2.29. The van der Waals surface area contributed by atoms with Crippen LogP contribution >= 0.6 is 0 Å². The van der Waals surface area contributed by atoms with E-state index < -0.39 is 21.8 Å². The number of benzene rings is 1. The van der Waals surface area contributed by atoms with Crippen molar-refractivity contribution in [3.05, 3.63) is 56.9 Å². The first-order valence-electron chi connectivity index (χ1n) is 6.66. The Morgan fingerprint density at radius 3 is 2.30 bits per heavy atom. The van der Waals surface area contributed by atoms with Crippen molar-refractivity contribution in [3.8, 4) is 0 Å². The second-order valence-electron chi connectivity index (χ2n) is 4.65. The van der Waals surface area contributed by atoms with Crippen LogP contribution in [0.5, 0.6) is 0 Å². The maximum absolute atomic E-state index is 12.3. The summed E-state index contributed by atoms with van der Waals surface area (Å²) in [6.07, 6.45) is 2.63. The maximum atomic E-state index is 12.3. The normalized spacial score (nSPS) is 11.7. The SMILES string of the molecule is CCC(C(=O)Nc1ccc([N+](=O)[O-])cc1)n1cc([N+](=O)[O-])cn1. The average Bonchev–Trinajstić information content (AvgIpc) is 2.98. The molecule has 1 unspecified atom stereocenters. The van der Waals surface area contributed by atoms with Gasteiger partial charge in [0.25, 0.3) is 5.69 Å². The third-order valence-electron chi connectivity index (χ3n) is 3.15. The summed E-state index contributed by atoms with van der Waals surface area (Å²) < 4.78 is 1.22. The molecule has 120 valence electrons. The lowest BCUT2D eigenvalue weighted by Crippen LogP contribution is -2.25. The predicted molar refractivity (Wildman–Crippen MR) is 79.9 cm³/mol. The minimum Gasteiger partial charge on any atom is -0.324 e. The summed E-state index contributed by atoms with van der Waals surface area (Å²) in [6.45, 7) is 1.74. The quantitative estimate of drug-likeness (QED) is 0.641. The van der Waals surface area contributed by atoms with Crippen molar-refractivity contribution in [2.75, 3.05) is 5.32 Å². The van der Waals surface area contributed by atoms with Gasteiger partial charge >= 0.3 is 5.69 Å². The van der Waals surface area contributed by atoms with E-state index in [0.717, 1.165) is 6.20 Å². The fourth-order valence-electron chi connectivity index (χ4n) is 1.98. The Bertz CT molecular complexity index is 739. The Morgan fingerprint density at radius 1 is 1.22 bits per heavy atom. The van der Waals surface area contributed by atoms with Crippen molar-refractivity contribution in [1.29, 1.82) is 0 Å². The van der Waals surface area contributed by atoms with E-state index in [1.165, 1.54) is 35.1 Å². The Morgan fingerprint density at radius 2 is 1.83 bits per heavy atom. The second-order valence-corrected chi connectivity index (χ2v) is 4.65. The molecule has 0 aliphatic heterocycles. The minimum atomic E-state index is -0.723. The number of anilines is 1. The summed E-state index contributed by atoms with van der Waals surface area (Å²) in [5, 5.41) is 27.7. The second kappa shape index (κ2) is 6.64. The average molecular weight is 319 g/mol. The van der Waals surface area contributed by atoms with Crippen molar-refractivity contribution in [2.45, 2.75) is 19.4 Å². The van der Waals surface area contributed by atoms with Crippen LogP contribution in [-0.2, 0) is 4.79 Å². The van der Waals surface area contributed by atoms with Gasteiger partial charge in [-0.3, -0.25) is 29.7 Å². The van der Waals surface area contributed by atoms with Crippen LogP contribution in [-0.4, -0.2) is 25.5 Å². The van der Waals surface area contributed by atoms with E-state index in [-0.39, 0.29) is 11.4 Å². The highest BCUT2D eigenvalue weighted by Crippen LogP contribution is 2.20. The molecule has 10 nitrogen and oxygen atoms in total. The van der Waals surface area contributed by atoms with E-state index in [1.54, 1.807) is 6.92 Å². The minimum absolute atomic E-state index is 0.0854. The number of carbonyl (C=O) groups excluding carboxylic acids is 1. The van der Waals surface area contributed by atoms with Crippen molar-refractivity contribution in [2.24, 2.45) is 0 Å². The zero-order chi connectivity index (χ0) is 17.0. The number of rotatable bonds is 6. The van der Waals surface area contributed by atoms with E-state index in [0.29, 0.717) is 12.1 Å². The molecule has 2 aromatic rings. The van der Waals surface area contributed by atoms with E-state index in [2.05, 4.69) is 10.4 Å². The first-order valence-corrected chi connectivity index (χ1v) is 6.66. The number of hydrogen-bond donors (Lipinski definition) is 1. The third-order valence-corrected chi connectivity index (χ3v) is 3.15. The zero-order valence-corrected chi connectivity index (χ0v) is 12.1. The van der Waals surface area contributed by atoms with Gasteiger partial charge in [0, 0.05) is 17.8 Å². The van der Waals surface area contributed by atoms with Gasteiger partial charge in [-0.05, 0) is 18.6 Å². The lowest BCUT2D eigenvalue weighted by molar-refractivity contribution is -0.385. The summed E-state index contributed by atoms with van der Waals surface area (Å²) in [5.74, 6) is -0.417. The molecule has 0 fully saturated rings. The first kappa shape index (κ1) is 16.1. The fraction of sp³-hybridized carbons (Fsp3) is 0.231. The third kappa shape index (κ3) is 3.67. The molecular formula is C13H13N5O5. The van der Waals surface area contributed by atoms with Gasteiger partial charge in [-0.15, -0.1) is 0 Å². The Labute approximate surface area is 130 Å². The van der Waals surface area contributed by atoms with Crippen molar-refractivity contribution >= 4 is 23.0 Å². The lowest BCUT2D eigenvalue weighted by atomic mass is 10.2. The summed E-state index contributed by atoms with van der Waals surface area (Å²) in [4.78, 5) is 32.4. The summed E-state index contributed by atoms with van der Waals surface area (Å²) in [5.41, 5.74) is 0.102. The van der Waals surface area contributed by atoms with Crippen LogP contribution in [0.3, 0.4) is 0 Å². The number of amides is 1. The van der Waals surface area contributed by atoms with Gasteiger partial charge in [0.05, 0.1) is 9.85 Å². The van der Waals surface area contributed by atoms with Crippen molar-refractivity contribution in [3.63, 3.8) is 0 Å². The van der Waals surface area contributed by atoms with Gasteiger partial charge in [-0.1, -0.05) is 6.92 Å². The molecule has 1 aromatic heterocycles. The molecule has 0 spiro atoms. The lowest BCUT2D eigenvalue weighted by Gasteiger charge is -2.15. The fourth-order valence-corrected chi connectivity index (χ4v) is 1.98. The number of non-ortho nitro benzene ring substituents is 1. The van der Waals surface area contributed by atoms with Gasteiger partial charge in [0.1, 0.15) is 18.4 Å². The van der Waals surface area contributed by atoms with E-state index >= 15 is 0 Å². The molecule has 0 aliphatic rings. The molecule has 0 saturated heterocycles. The molecule has 1 atom stereocenters. The number of carbonyl (C=O) groups is 1. The highest BCUT2D eigenvalue weighted by atomic mass is 16.6. The first-order chi connectivity index (χ1) is 10.9. The van der Waals surface area contributed by atoms with Gasteiger partial charge in [-0.2, -0.15) is 5.10 Å². The molecule has 1 amide bonds. The van der Waals surface area contributed by atoms with Crippen LogP contribution in [0.15, 0.2) is 36.7 Å². The number of nitrogens with zero attached hydrogens (tertiary/aromatic N) is 4. The monoisotopic (exact) mass is 319 g/mol. The van der Waals surface area contributed by atoms with Gasteiger partial charge in [0.15, 0.2) is 0 Å². The zero-order valence-electron chi connectivity index (χ0n) is 12.1. The summed E-state index contributed by atoms with van der Waals surface area (Å²) in [7, 11) is 0. The number of nitrogens with one attached hydrogen (secondary N) is 1. The molecular weight excluding hydrogens is 306 g/mol. The van der Waals surface area contributed by atoms with Crippen molar-refractivity contribution < 1.29 is 14.6 Å². The molecule has 1 aromatic carbocycles. The Kier molecular flexibility index (Phi) is 4.64. The Balaban J connectivity index is 2.13. The van der Waals surface area contributed by atoms with Crippen molar-refractivity contribution in [1.82, 2.24) is 9.78 Å². The Hall–Kier alpha value is -3.30. The highest BCUT2D eigenvalue weighted by Gasteiger charge is 2.22. The maximum Gasteiger partial charge on any atom is 0.307 e. The molecule has 0 bridgehead atoms. The number of aromatic nitrogens is 2. The number of hydrogen-bond acceptors (Lipinski definition) is 6. The van der Waals surface area contributed by atoms with E-state index in [1.807, 2.05) is 0 Å². The molecule has 2 rings (SSSR count). The molecule has 0 radical (unpaired) electrons. The van der Waals surface area contributed by atoms with E-state index in [4.69, 9.17) is 0 Å². The van der Waals surface area contributed by atoms with Crippen LogP contribution in [0.2, 0.25) is 0 Å². The van der Waals surface area contributed by atoms with Gasteiger partial charge < -0.3 is 5.32 Å². The smallest absolute Gasteiger partial charge is 0.307 e. The largest absolute Gasteiger partial charge is 0.324 e. The van der Waals surface area contributed by atoms with Crippen LogP contribution in [0.4, 0.5) is 17.1 Å². The summed E-state index contributed by atoms with van der Waals surface area (Å²) >= 11 is 0. The molecule has 23 heavy (non-hydrogen) atoms. The van der Waals surface area contributed by atoms with Gasteiger partial charge in [0.2, 0.25) is 5.91 Å². The molecule has 1 N–H and O–H groups in total. The highest BCUT2D eigenvalue weighted by molar-refractivity contribution is 5.93. The topological polar surface area (TPSA) is 133 Å². The van der Waals surface area contributed by atoms with Crippen LogP contribution in [0, 0.1) is 20.2 Å². The van der Waals surface area contributed by atoms with Crippen LogP contribution < -0.4 is 5.32 Å². The van der Waals surface area contributed by atoms with Crippen LogP contribution in [0.25, 0.3) is 0 Å².